The fourth-order valence-corrected chi connectivity index (χ4v) is 3.27. The topological polar surface area (TPSA) is 55.2 Å². The van der Waals surface area contributed by atoms with Gasteiger partial charge in [0.1, 0.15) is 5.82 Å². The van der Waals surface area contributed by atoms with Gasteiger partial charge in [0.2, 0.25) is 0 Å². The van der Waals surface area contributed by atoms with Crippen molar-refractivity contribution in [1.82, 2.24) is 14.5 Å². The minimum Gasteiger partial charge on any atom is -0.333 e. The van der Waals surface area contributed by atoms with Gasteiger partial charge in [0.25, 0.3) is 11.5 Å². The summed E-state index contributed by atoms with van der Waals surface area (Å²) in [5.74, 6) is -0.0156. The highest BCUT2D eigenvalue weighted by Crippen LogP contribution is 2.23. The molecule has 0 spiro atoms. The highest BCUT2D eigenvalue weighted by atomic mass is 35.5. The van der Waals surface area contributed by atoms with Gasteiger partial charge in [-0.05, 0) is 43.7 Å². The molecule has 0 N–H and O–H groups in total. The zero-order valence-corrected chi connectivity index (χ0v) is 16.7. The van der Waals surface area contributed by atoms with Gasteiger partial charge in [-0.1, -0.05) is 47.5 Å². The van der Waals surface area contributed by atoms with Crippen molar-refractivity contribution in [2.75, 3.05) is 7.05 Å². The highest BCUT2D eigenvalue weighted by Gasteiger charge is 2.26. The highest BCUT2D eigenvalue weighted by molar-refractivity contribution is 6.53. The summed E-state index contributed by atoms with van der Waals surface area (Å²) >= 11 is 11.5. The van der Waals surface area contributed by atoms with E-state index in [1.807, 2.05) is 37.3 Å². The van der Waals surface area contributed by atoms with Crippen molar-refractivity contribution in [1.29, 1.82) is 0 Å². The summed E-state index contributed by atoms with van der Waals surface area (Å²) in [6.45, 7) is 3.74. The van der Waals surface area contributed by atoms with Crippen LogP contribution in [0.4, 0.5) is 0 Å². The van der Waals surface area contributed by atoms with E-state index < -0.39 is 16.8 Å². The number of halogens is 2. The van der Waals surface area contributed by atoms with Crippen molar-refractivity contribution in [3.8, 4) is 5.69 Å². The van der Waals surface area contributed by atoms with Crippen molar-refractivity contribution in [2.45, 2.75) is 24.7 Å². The molecule has 3 aromatic rings. The number of hydrogen-bond acceptors (Lipinski definition) is 3. The molecule has 7 heteroatoms. The molecule has 1 heterocycles. The monoisotopic (exact) mass is 403 g/mol. The van der Waals surface area contributed by atoms with E-state index in [2.05, 4.69) is 4.98 Å². The standard InChI is InChI=1S/C20H19Cl2N3O2/c1-12-7-6-8-14(11-12)25-18(13(2)24(3)20(27)17(21)22)23-16-10-5-4-9-15(16)19(25)26/h4-11,13,17H,1-3H3. The molecule has 0 aliphatic heterocycles. The van der Waals surface area contributed by atoms with Crippen molar-refractivity contribution >= 4 is 40.0 Å². The summed E-state index contributed by atoms with van der Waals surface area (Å²) in [6.07, 6.45) is 0. The number of carbonyl (C=O) groups is 1. The first-order valence-electron chi connectivity index (χ1n) is 8.45. The van der Waals surface area contributed by atoms with Crippen LogP contribution in [0.15, 0.2) is 53.3 Å². The van der Waals surface area contributed by atoms with Gasteiger partial charge >= 0.3 is 0 Å². The summed E-state index contributed by atoms with van der Waals surface area (Å²) < 4.78 is 1.54. The lowest BCUT2D eigenvalue weighted by Gasteiger charge is -2.27. The summed E-state index contributed by atoms with van der Waals surface area (Å²) in [5, 5.41) is 0.511. The zero-order chi connectivity index (χ0) is 19.7. The molecular weight excluding hydrogens is 385 g/mol. The number of aryl methyl sites for hydroxylation is 1. The van der Waals surface area contributed by atoms with Crippen molar-refractivity contribution in [2.24, 2.45) is 0 Å². The Labute approximate surface area is 167 Å². The van der Waals surface area contributed by atoms with Gasteiger partial charge in [0.15, 0.2) is 4.84 Å². The number of nitrogens with zero attached hydrogens (tertiary/aromatic N) is 3. The molecule has 0 saturated heterocycles. The first-order chi connectivity index (χ1) is 12.8. The number of alkyl halides is 2. The van der Waals surface area contributed by atoms with E-state index in [1.54, 1.807) is 36.7 Å². The van der Waals surface area contributed by atoms with Gasteiger partial charge in [-0.3, -0.25) is 14.2 Å². The van der Waals surface area contributed by atoms with Crippen LogP contribution in [-0.2, 0) is 4.79 Å². The maximum atomic E-state index is 13.3. The second kappa shape index (κ2) is 7.71. The second-order valence-corrected chi connectivity index (χ2v) is 7.49. The van der Waals surface area contributed by atoms with Gasteiger partial charge in [-0.25, -0.2) is 4.98 Å². The molecule has 3 rings (SSSR count). The summed E-state index contributed by atoms with van der Waals surface area (Å²) in [6, 6.07) is 14.2. The first-order valence-corrected chi connectivity index (χ1v) is 9.32. The molecule has 0 aliphatic carbocycles. The third-order valence-electron chi connectivity index (χ3n) is 4.55. The predicted octanol–water partition coefficient (Wildman–Crippen LogP) is 4.02. The number of fused-ring (bicyclic) bond motifs is 1. The lowest BCUT2D eigenvalue weighted by Crippen LogP contribution is -2.37. The Kier molecular flexibility index (Phi) is 5.53. The molecule has 1 aromatic heterocycles. The quantitative estimate of drug-likeness (QED) is 0.618. The van der Waals surface area contributed by atoms with Crippen LogP contribution in [0.3, 0.4) is 0 Å². The summed E-state index contributed by atoms with van der Waals surface area (Å²) in [4.78, 5) is 30.4. The number of hydrogen-bond donors (Lipinski definition) is 0. The maximum absolute atomic E-state index is 13.3. The van der Waals surface area contributed by atoms with Gasteiger partial charge in [0, 0.05) is 7.05 Å². The lowest BCUT2D eigenvalue weighted by molar-refractivity contribution is -0.130. The van der Waals surface area contributed by atoms with Crippen LogP contribution in [0.1, 0.15) is 24.4 Å². The van der Waals surface area contributed by atoms with E-state index in [4.69, 9.17) is 23.2 Å². The summed E-state index contributed by atoms with van der Waals surface area (Å²) in [5.41, 5.74) is 2.08. The van der Waals surface area contributed by atoms with E-state index in [-0.39, 0.29) is 5.56 Å². The van der Waals surface area contributed by atoms with Crippen LogP contribution in [0.5, 0.6) is 0 Å². The van der Waals surface area contributed by atoms with Crippen LogP contribution >= 0.6 is 23.2 Å². The average molecular weight is 404 g/mol. The minimum absolute atomic E-state index is 0.192. The second-order valence-electron chi connectivity index (χ2n) is 6.39. The number of para-hydroxylation sites is 1. The molecule has 1 amide bonds. The van der Waals surface area contributed by atoms with Crippen LogP contribution in [0.2, 0.25) is 0 Å². The molecule has 0 saturated carbocycles. The van der Waals surface area contributed by atoms with E-state index in [0.717, 1.165) is 5.56 Å². The minimum atomic E-state index is -1.18. The first kappa shape index (κ1) is 19.4. The number of aromatic nitrogens is 2. The van der Waals surface area contributed by atoms with E-state index in [9.17, 15) is 9.59 Å². The fraction of sp³-hybridized carbons (Fsp3) is 0.250. The molecule has 27 heavy (non-hydrogen) atoms. The van der Waals surface area contributed by atoms with Crippen LogP contribution < -0.4 is 5.56 Å². The Morgan fingerprint density at radius 3 is 2.52 bits per heavy atom. The number of amides is 1. The van der Waals surface area contributed by atoms with Crippen molar-refractivity contribution < 1.29 is 4.79 Å². The van der Waals surface area contributed by atoms with Gasteiger partial charge in [-0.2, -0.15) is 0 Å². The average Bonchev–Trinajstić information content (AvgIpc) is 2.66. The van der Waals surface area contributed by atoms with E-state index >= 15 is 0 Å². The Morgan fingerprint density at radius 2 is 1.85 bits per heavy atom. The van der Waals surface area contributed by atoms with Crippen molar-refractivity contribution in [3.63, 3.8) is 0 Å². The van der Waals surface area contributed by atoms with Crippen LogP contribution in [-0.4, -0.2) is 32.2 Å². The summed E-state index contributed by atoms with van der Waals surface area (Å²) in [7, 11) is 1.59. The van der Waals surface area contributed by atoms with Crippen LogP contribution in [0.25, 0.3) is 16.6 Å². The van der Waals surface area contributed by atoms with Crippen LogP contribution in [0, 0.1) is 6.92 Å². The van der Waals surface area contributed by atoms with Crippen molar-refractivity contribution in [3.05, 3.63) is 70.3 Å². The predicted molar refractivity (Wildman–Crippen MR) is 109 cm³/mol. The Balaban J connectivity index is 2.29. The fourth-order valence-electron chi connectivity index (χ4n) is 2.96. The third kappa shape index (κ3) is 3.70. The Bertz CT molecular complexity index is 1060. The Hall–Kier alpha value is -2.37. The largest absolute Gasteiger partial charge is 0.333 e. The molecule has 2 aromatic carbocycles. The molecule has 0 fully saturated rings. The SMILES string of the molecule is Cc1cccc(-n2c(C(C)N(C)C(=O)C(Cl)Cl)nc3ccccc3c2=O)c1. The molecule has 0 bridgehead atoms. The molecule has 1 unspecified atom stereocenters. The maximum Gasteiger partial charge on any atom is 0.266 e. The van der Waals surface area contributed by atoms with Gasteiger partial charge in [-0.15, -0.1) is 0 Å². The molecule has 0 radical (unpaired) electrons. The molecule has 0 aliphatic rings. The van der Waals surface area contributed by atoms with E-state index in [0.29, 0.717) is 22.4 Å². The molecule has 140 valence electrons. The van der Waals surface area contributed by atoms with E-state index in [1.165, 1.54) is 4.90 Å². The third-order valence-corrected chi connectivity index (χ3v) is 4.92. The molecule has 5 nitrogen and oxygen atoms in total. The zero-order valence-electron chi connectivity index (χ0n) is 15.2. The molecule has 1 atom stereocenters. The molecular formula is C20H19Cl2N3O2. The number of rotatable bonds is 4. The lowest BCUT2D eigenvalue weighted by atomic mass is 10.1. The normalized spacial score (nSPS) is 12.4. The number of benzene rings is 2. The van der Waals surface area contributed by atoms with Gasteiger partial charge in [0.05, 0.1) is 22.6 Å². The number of carbonyl (C=O) groups excluding carboxylic acids is 1. The smallest absolute Gasteiger partial charge is 0.266 e. The van der Waals surface area contributed by atoms with Gasteiger partial charge < -0.3 is 4.90 Å². The Morgan fingerprint density at radius 1 is 1.15 bits per heavy atom.